The molecule has 0 saturated carbocycles. The second-order valence-corrected chi connectivity index (χ2v) is 7.36. The number of thiophene rings is 1. The molecule has 2 aromatic heterocycles. The number of hydrogen-bond donors (Lipinski definition) is 0. The fourth-order valence-corrected chi connectivity index (χ4v) is 3.78. The van der Waals surface area contributed by atoms with E-state index in [0.717, 1.165) is 0 Å². The van der Waals surface area contributed by atoms with Crippen molar-refractivity contribution >= 4 is 39.1 Å². The summed E-state index contributed by atoms with van der Waals surface area (Å²) in [6.07, 6.45) is 1.47. The summed E-state index contributed by atoms with van der Waals surface area (Å²) in [6.45, 7) is 2.56. The number of carbonyl (C=O) groups is 1. The average Bonchev–Trinajstić information content (AvgIpc) is 2.96. The summed E-state index contributed by atoms with van der Waals surface area (Å²) in [5, 5.41) is 1.15. The zero-order chi connectivity index (χ0) is 18.8. The van der Waals surface area contributed by atoms with E-state index in [1.807, 2.05) is 0 Å². The molecule has 0 aliphatic rings. The maximum Gasteiger partial charge on any atom is 0.264 e. The Morgan fingerprint density at radius 2 is 2.04 bits per heavy atom. The van der Waals surface area contributed by atoms with Crippen molar-refractivity contribution in [2.24, 2.45) is 7.05 Å². The van der Waals surface area contributed by atoms with Gasteiger partial charge < -0.3 is 14.2 Å². The molecule has 0 radical (unpaired) electrons. The number of carbonyl (C=O) groups excluding carboxylic acids is 1. The van der Waals surface area contributed by atoms with Crippen LogP contribution in [0.2, 0.25) is 5.02 Å². The van der Waals surface area contributed by atoms with Gasteiger partial charge in [0.1, 0.15) is 17.2 Å². The number of nitrogens with zero attached hydrogens (tertiary/aromatic N) is 3. The van der Waals surface area contributed by atoms with Crippen molar-refractivity contribution in [3.63, 3.8) is 0 Å². The lowest BCUT2D eigenvalue weighted by molar-refractivity contribution is 0.0778. The molecule has 0 N–H and O–H groups in total. The Morgan fingerprint density at radius 3 is 2.73 bits per heavy atom. The first-order chi connectivity index (χ1) is 12.4. The molecular formula is C18H18ClN3O3S. The van der Waals surface area contributed by atoms with Gasteiger partial charge in [0.05, 0.1) is 23.1 Å². The summed E-state index contributed by atoms with van der Waals surface area (Å²) in [5.74, 6) is 0.549. The van der Waals surface area contributed by atoms with E-state index in [2.05, 4.69) is 4.98 Å². The van der Waals surface area contributed by atoms with Crippen LogP contribution in [0.5, 0.6) is 5.75 Å². The van der Waals surface area contributed by atoms with Crippen LogP contribution in [0.15, 0.2) is 35.4 Å². The van der Waals surface area contributed by atoms with Gasteiger partial charge >= 0.3 is 0 Å². The summed E-state index contributed by atoms with van der Waals surface area (Å²) in [4.78, 5) is 32.0. The van der Waals surface area contributed by atoms with Gasteiger partial charge in [0.2, 0.25) is 0 Å². The Bertz CT molecular complexity index is 1010. The normalized spacial score (nSPS) is 10.9. The van der Waals surface area contributed by atoms with Crippen molar-refractivity contribution in [2.75, 3.05) is 20.2 Å². The highest BCUT2D eigenvalue weighted by atomic mass is 35.5. The number of ether oxygens (including phenoxy) is 1. The van der Waals surface area contributed by atoms with Crippen molar-refractivity contribution < 1.29 is 9.53 Å². The molecule has 3 aromatic rings. The fraction of sp³-hybridized carbons (Fsp3) is 0.278. The summed E-state index contributed by atoms with van der Waals surface area (Å²) in [7, 11) is 3.36. The van der Waals surface area contributed by atoms with Gasteiger partial charge in [0.25, 0.3) is 11.5 Å². The third kappa shape index (κ3) is 3.59. The molecule has 0 saturated heterocycles. The predicted octanol–water partition coefficient (Wildman–Crippen LogP) is 3.11. The highest BCUT2D eigenvalue weighted by Crippen LogP contribution is 2.27. The molecule has 6 nitrogen and oxygen atoms in total. The molecular weight excluding hydrogens is 374 g/mol. The number of halogens is 1. The van der Waals surface area contributed by atoms with Gasteiger partial charge in [-0.3, -0.25) is 9.59 Å². The molecule has 8 heteroatoms. The quantitative estimate of drug-likeness (QED) is 0.670. The van der Waals surface area contributed by atoms with Gasteiger partial charge in [0.15, 0.2) is 0 Å². The lowest BCUT2D eigenvalue weighted by atomic mass is 10.2. The molecule has 2 heterocycles. The molecule has 1 amide bonds. The maximum atomic E-state index is 12.7. The minimum atomic E-state index is -0.146. The molecule has 136 valence electrons. The maximum absolute atomic E-state index is 12.7. The SMILES string of the molecule is Cc1c(C(=O)N(C)CCOc2ccc(Cl)cc2)sc2ncn(C)c(=O)c12. The summed E-state index contributed by atoms with van der Waals surface area (Å²) in [5.41, 5.74) is 0.533. The van der Waals surface area contributed by atoms with Crippen LogP contribution in [0.25, 0.3) is 10.2 Å². The summed E-state index contributed by atoms with van der Waals surface area (Å²) >= 11 is 7.08. The number of hydrogen-bond acceptors (Lipinski definition) is 5. The highest BCUT2D eigenvalue weighted by Gasteiger charge is 2.21. The molecule has 0 aliphatic carbocycles. The number of rotatable bonds is 5. The van der Waals surface area contributed by atoms with Gasteiger partial charge in [-0.25, -0.2) is 4.98 Å². The van der Waals surface area contributed by atoms with Gasteiger partial charge in [-0.05, 0) is 36.8 Å². The minimum absolute atomic E-state index is 0.142. The van der Waals surface area contributed by atoms with E-state index >= 15 is 0 Å². The monoisotopic (exact) mass is 391 g/mol. The van der Waals surface area contributed by atoms with E-state index in [0.29, 0.717) is 44.6 Å². The molecule has 3 rings (SSSR count). The first kappa shape index (κ1) is 18.4. The number of benzene rings is 1. The molecule has 0 unspecified atom stereocenters. The Hall–Kier alpha value is -2.38. The fourth-order valence-electron chi connectivity index (χ4n) is 2.52. The van der Waals surface area contributed by atoms with Crippen LogP contribution >= 0.6 is 22.9 Å². The number of aryl methyl sites for hydroxylation is 2. The minimum Gasteiger partial charge on any atom is -0.492 e. The third-order valence-electron chi connectivity index (χ3n) is 4.06. The zero-order valence-corrected chi connectivity index (χ0v) is 16.2. The number of aromatic nitrogens is 2. The van der Waals surface area contributed by atoms with Crippen LogP contribution in [-0.2, 0) is 7.05 Å². The third-order valence-corrected chi connectivity index (χ3v) is 5.50. The molecule has 0 aliphatic heterocycles. The number of likely N-dealkylation sites (N-methyl/N-ethyl adjacent to an activating group) is 1. The number of amides is 1. The second-order valence-electron chi connectivity index (χ2n) is 5.93. The van der Waals surface area contributed by atoms with E-state index < -0.39 is 0 Å². The molecule has 0 spiro atoms. The smallest absolute Gasteiger partial charge is 0.264 e. The van der Waals surface area contributed by atoms with Crippen molar-refractivity contribution in [1.82, 2.24) is 14.5 Å². The molecule has 1 aromatic carbocycles. The molecule has 0 bridgehead atoms. The van der Waals surface area contributed by atoms with Gasteiger partial charge in [0, 0.05) is 19.1 Å². The lowest BCUT2D eigenvalue weighted by Gasteiger charge is -2.17. The van der Waals surface area contributed by atoms with Crippen LogP contribution in [0, 0.1) is 6.92 Å². The van der Waals surface area contributed by atoms with E-state index in [9.17, 15) is 9.59 Å². The van der Waals surface area contributed by atoms with Crippen molar-refractivity contribution in [3.8, 4) is 5.75 Å². The van der Waals surface area contributed by atoms with E-state index in [4.69, 9.17) is 16.3 Å². The highest BCUT2D eigenvalue weighted by molar-refractivity contribution is 7.20. The standard InChI is InChI=1S/C18H18ClN3O3S/c1-11-14-16(20-10-22(3)17(14)23)26-15(11)18(24)21(2)8-9-25-13-6-4-12(19)5-7-13/h4-7,10H,8-9H2,1-3H3. The van der Waals surface area contributed by atoms with Crippen LogP contribution in [0.3, 0.4) is 0 Å². The van der Waals surface area contributed by atoms with Gasteiger partial charge in [-0.15, -0.1) is 11.3 Å². The average molecular weight is 392 g/mol. The van der Waals surface area contributed by atoms with Gasteiger partial charge in [-0.1, -0.05) is 11.6 Å². The van der Waals surface area contributed by atoms with Crippen molar-refractivity contribution in [2.45, 2.75) is 6.92 Å². The van der Waals surface area contributed by atoms with E-state index in [1.165, 1.54) is 22.2 Å². The van der Waals surface area contributed by atoms with Crippen LogP contribution in [0.4, 0.5) is 0 Å². The first-order valence-electron chi connectivity index (χ1n) is 7.97. The van der Waals surface area contributed by atoms with Crippen LogP contribution < -0.4 is 10.3 Å². The molecule has 26 heavy (non-hydrogen) atoms. The largest absolute Gasteiger partial charge is 0.492 e. The Kier molecular flexibility index (Phi) is 5.29. The first-order valence-corrected chi connectivity index (χ1v) is 9.16. The lowest BCUT2D eigenvalue weighted by Crippen LogP contribution is -2.30. The molecule has 0 atom stereocenters. The zero-order valence-electron chi connectivity index (χ0n) is 14.7. The van der Waals surface area contributed by atoms with Gasteiger partial charge in [-0.2, -0.15) is 0 Å². The second kappa shape index (κ2) is 7.47. The van der Waals surface area contributed by atoms with Crippen molar-refractivity contribution in [3.05, 3.63) is 56.4 Å². The summed E-state index contributed by atoms with van der Waals surface area (Å²) < 4.78 is 7.04. The molecule has 0 fully saturated rings. The Labute approximate surface area is 159 Å². The predicted molar refractivity (Wildman–Crippen MR) is 104 cm³/mol. The van der Waals surface area contributed by atoms with Crippen LogP contribution in [-0.4, -0.2) is 40.6 Å². The Balaban J connectivity index is 1.71. The Morgan fingerprint density at radius 1 is 1.35 bits per heavy atom. The number of fused-ring (bicyclic) bond motifs is 1. The van der Waals surface area contributed by atoms with Crippen LogP contribution in [0.1, 0.15) is 15.2 Å². The summed E-state index contributed by atoms with van der Waals surface area (Å²) in [6, 6.07) is 7.06. The topological polar surface area (TPSA) is 64.4 Å². The van der Waals surface area contributed by atoms with E-state index in [-0.39, 0.29) is 11.5 Å². The van der Waals surface area contributed by atoms with Crippen molar-refractivity contribution in [1.29, 1.82) is 0 Å². The van der Waals surface area contributed by atoms with E-state index in [1.54, 1.807) is 50.2 Å².